The monoisotopic (exact) mass is 448 g/mol. The van der Waals surface area contributed by atoms with E-state index < -0.39 is 0 Å². The number of hydrogen-bond donors (Lipinski definition) is 0. The maximum atomic E-state index is 2.89. The smallest absolute Gasteiger partial charge is 0.0924 e. The molecule has 2 aliphatic heterocycles. The van der Waals surface area contributed by atoms with Gasteiger partial charge in [-0.25, -0.2) is 0 Å². The van der Waals surface area contributed by atoms with Gasteiger partial charge in [-0.15, -0.1) is 0 Å². The Labute approximate surface area is 204 Å². The van der Waals surface area contributed by atoms with Crippen molar-refractivity contribution in [3.8, 4) is 0 Å². The van der Waals surface area contributed by atoms with Gasteiger partial charge in [-0.1, -0.05) is 110 Å². The molecule has 1 saturated carbocycles. The lowest BCUT2D eigenvalue weighted by molar-refractivity contribution is 0.0821. The Morgan fingerprint density at radius 3 is 1.94 bits per heavy atom. The number of anilines is 1. The topological polar surface area (TPSA) is 6.48 Å². The summed E-state index contributed by atoms with van der Waals surface area (Å²) in [6.07, 6.45) is 12.1. The number of nitrogens with zero attached hydrogens (tertiary/aromatic N) is 2. The van der Waals surface area contributed by atoms with Crippen LogP contribution in [0.15, 0.2) is 97.1 Å². The quantitative estimate of drug-likeness (QED) is 0.387. The maximum Gasteiger partial charge on any atom is 0.0924 e. The summed E-state index contributed by atoms with van der Waals surface area (Å²) in [4.78, 5) is 5.69. The number of rotatable bonds is 4. The molecule has 3 aliphatic rings. The van der Waals surface area contributed by atoms with Crippen LogP contribution in [0, 0.1) is 12.8 Å². The van der Waals surface area contributed by atoms with E-state index in [2.05, 4.69) is 121 Å². The molecule has 2 heterocycles. The van der Waals surface area contributed by atoms with E-state index in [4.69, 9.17) is 0 Å². The first kappa shape index (κ1) is 21.7. The van der Waals surface area contributed by atoms with E-state index in [1.54, 1.807) is 0 Å². The van der Waals surface area contributed by atoms with Crippen LogP contribution in [0.4, 0.5) is 5.69 Å². The Hall–Kier alpha value is -2.84. The molecular weight excluding hydrogens is 412 g/mol. The van der Waals surface area contributed by atoms with E-state index in [-0.39, 0.29) is 5.54 Å². The van der Waals surface area contributed by atoms with Crippen LogP contribution in [-0.2, 0) is 5.54 Å². The lowest BCUT2D eigenvalue weighted by atomic mass is 9.79. The number of aryl methyl sites for hydroxylation is 1. The number of hydrogen-bond acceptors (Lipinski definition) is 2. The molecule has 0 radical (unpaired) electrons. The highest BCUT2D eigenvalue weighted by Gasteiger charge is 2.58. The van der Waals surface area contributed by atoms with Crippen molar-refractivity contribution in [1.82, 2.24) is 4.90 Å². The summed E-state index contributed by atoms with van der Waals surface area (Å²) < 4.78 is 0. The van der Waals surface area contributed by atoms with Crippen molar-refractivity contribution >= 4 is 5.69 Å². The van der Waals surface area contributed by atoms with Crippen molar-refractivity contribution in [2.75, 3.05) is 4.90 Å². The Balaban J connectivity index is 1.57. The molecule has 1 saturated heterocycles. The number of fused-ring (bicyclic) bond motifs is 1. The van der Waals surface area contributed by atoms with Crippen molar-refractivity contribution in [3.05, 3.63) is 114 Å². The van der Waals surface area contributed by atoms with Crippen LogP contribution in [0.2, 0.25) is 0 Å². The van der Waals surface area contributed by atoms with Gasteiger partial charge in [0.15, 0.2) is 0 Å². The van der Waals surface area contributed by atoms with E-state index in [1.807, 2.05) is 0 Å². The predicted molar refractivity (Wildman–Crippen MR) is 142 cm³/mol. The minimum Gasteiger partial charge on any atom is -0.351 e. The molecule has 3 aromatic rings. The van der Waals surface area contributed by atoms with Crippen LogP contribution < -0.4 is 4.90 Å². The fourth-order valence-electron chi connectivity index (χ4n) is 7.11. The summed E-state index contributed by atoms with van der Waals surface area (Å²) in [7, 11) is 0. The molecule has 2 fully saturated rings. The summed E-state index contributed by atoms with van der Waals surface area (Å²) >= 11 is 0. The van der Waals surface area contributed by atoms with Gasteiger partial charge in [-0.05, 0) is 55.4 Å². The van der Waals surface area contributed by atoms with Gasteiger partial charge in [0.05, 0.1) is 17.7 Å². The Morgan fingerprint density at radius 1 is 0.735 bits per heavy atom. The third-order valence-electron chi connectivity index (χ3n) is 8.66. The highest BCUT2D eigenvalue weighted by atomic mass is 15.5. The van der Waals surface area contributed by atoms with Gasteiger partial charge in [0.25, 0.3) is 0 Å². The standard InChI is InChI=1S/C32H36N2/c1-24-14-12-13-21-29(24)33-25(2)30-22-23-32(27-17-8-4-9-18-27,28-19-10-5-11-20-28)34(30)31(33)26-15-6-3-7-16-26/h4-5,8-14,17-23,25-26,30-31H,3,6-7,15-16H2,1-2H3/t25-,30?,31?/m0/s1. The first-order valence-corrected chi connectivity index (χ1v) is 13.1. The highest BCUT2D eigenvalue weighted by Crippen LogP contribution is 2.53. The lowest BCUT2D eigenvalue weighted by Gasteiger charge is -2.47. The van der Waals surface area contributed by atoms with Gasteiger partial charge in [0.2, 0.25) is 0 Å². The van der Waals surface area contributed by atoms with Crippen LogP contribution in [0.3, 0.4) is 0 Å². The van der Waals surface area contributed by atoms with Crippen LogP contribution in [0.25, 0.3) is 0 Å². The molecule has 0 spiro atoms. The summed E-state index contributed by atoms with van der Waals surface area (Å²) in [5.74, 6) is 0.674. The molecule has 0 bridgehead atoms. The Bertz CT molecular complexity index is 1110. The number of benzene rings is 3. The third kappa shape index (κ3) is 3.26. The maximum absolute atomic E-state index is 2.89. The van der Waals surface area contributed by atoms with E-state index in [0.717, 1.165) is 0 Å². The van der Waals surface area contributed by atoms with Crippen LogP contribution in [0.1, 0.15) is 55.7 Å². The molecule has 3 atom stereocenters. The minimum absolute atomic E-state index is 0.249. The molecule has 2 unspecified atom stereocenters. The Morgan fingerprint density at radius 2 is 1.32 bits per heavy atom. The largest absolute Gasteiger partial charge is 0.351 e. The van der Waals surface area contributed by atoms with Gasteiger partial charge < -0.3 is 4.90 Å². The van der Waals surface area contributed by atoms with E-state index >= 15 is 0 Å². The fourth-order valence-corrected chi connectivity index (χ4v) is 7.11. The molecule has 174 valence electrons. The second-order valence-electron chi connectivity index (χ2n) is 10.5. The van der Waals surface area contributed by atoms with Gasteiger partial charge in [-0.3, -0.25) is 4.90 Å². The predicted octanol–water partition coefficient (Wildman–Crippen LogP) is 7.29. The zero-order valence-corrected chi connectivity index (χ0v) is 20.5. The summed E-state index contributed by atoms with van der Waals surface area (Å²) in [5, 5.41) is 0. The van der Waals surface area contributed by atoms with Crippen molar-refractivity contribution < 1.29 is 0 Å². The molecule has 0 N–H and O–H groups in total. The zero-order valence-electron chi connectivity index (χ0n) is 20.5. The average molecular weight is 449 g/mol. The number of para-hydroxylation sites is 1. The molecular formula is C32H36N2. The summed E-state index contributed by atoms with van der Waals surface area (Å²) in [5.41, 5.74) is 5.29. The van der Waals surface area contributed by atoms with Gasteiger partial charge in [0, 0.05) is 11.7 Å². The van der Waals surface area contributed by atoms with E-state index in [0.29, 0.717) is 24.2 Å². The minimum atomic E-state index is -0.249. The van der Waals surface area contributed by atoms with Crippen molar-refractivity contribution in [2.45, 2.75) is 69.7 Å². The first-order valence-electron chi connectivity index (χ1n) is 13.1. The van der Waals surface area contributed by atoms with Gasteiger partial charge in [0.1, 0.15) is 0 Å². The van der Waals surface area contributed by atoms with Gasteiger partial charge >= 0.3 is 0 Å². The highest BCUT2D eigenvalue weighted by molar-refractivity contribution is 5.59. The van der Waals surface area contributed by atoms with Crippen molar-refractivity contribution in [3.63, 3.8) is 0 Å². The SMILES string of the molecule is Cc1ccccc1N1C(C2CCCCC2)N2C(C=CC2(c2ccccc2)c2ccccc2)[C@@H]1C. The van der Waals surface area contributed by atoms with E-state index in [1.165, 1.54) is 54.5 Å². The molecule has 1 aliphatic carbocycles. The Kier molecular flexibility index (Phi) is 5.57. The summed E-state index contributed by atoms with van der Waals surface area (Å²) in [6, 6.07) is 32.2. The molecule has 0 amide bonds. The van der Waals surface area contributed by atoms with Gasteiger partial charge in [-0.2, -0.15) is 0 Å². The van der Waals surface area contributed by atoms with E-state index in [9.17, 15) is 0 Å². The third-order valence-corrected chi connectivity index (χ3v) is 8.66. The zero-order chi connectivity index (χ0) is 23.1. The summed E-state index contributed by atoms with van der Waals surface area (Å²) in [6.45, 7) is 4.73. The second kappa shape index (κ2) is 8.74. The van der Waals surface area contributed by atoms with Crippen molar-refractivity contribution in [2.24, 2.45) is 5.92 Å². The molecule has 0 aromatic heterocycles. The molecule has 2 nitrogen and oxygen atoms in total. The fraction of sp³-hybridized carbons (Fsp3) is 0.375. The second-order valence-corrected chi connectivity index (χ2v) is 10.5. The molecule has 6 rings (SSSR count). The van der Waals surface area contributed by atoms with Crippen LogP contribution in [0.5, 0.6) is 0 Å². The molecule has 2 heteroatoms. The average Bonchev–Trinajstić information content (AvgIpc) is 3.43. The normalized spacial score (nSPS) is 26.6. The van der Waals surface area contributed by atoms with Crippen LogP contribution >= 0.6 is 0 Å². The lowest BCUT2D eigenvalue weighted by Crippen LogP contribution is -2.54. The van der Waals surface area contributed by atoms with Crippen LogP contribution in [-0.4, -0.2) is 23.1 Å². The molecule has 3 aromatic carbocycles. The van der Waals surface area contributed by atoms with Crippen molar-refractivity contribution in [1.29, 1.82) is 0 Å². The molecule has 34 heavy (non-hydrogen) atoms. The first-order chi connectivity index (χ1) is 16.7.